The Morgan fingerprint density at radius 1 is 1.27 bits per heavy atom. The molecule has 0 aliphatic heterocycles. The van der Waals surface area contributed by atoms with E-state index in [1.807, 2.05) is 24.3 Å². The maximum Gasteiger partial charge on any atom is 0.345 e. The van der Waals surface area contributed by atoms with Crippen LogP contribution in [0, 0.1) is 3.57 Å². The molecule has 0 saturated heterocycles. The standard InChI is InChI=1S/C16H16INO4/c1-21-16(20)15-13(19)6-3-7-14(15)22-9-8-18-12-5-2-4-11(17)10-12/h2-7,10,18-19H,8-9H2,1H3. The molecular weight excluding hydrogens is 397 g/mol. The molecule has 116 valence electrons. The molecule has 0 fully saturated rings. The Morgan fingerprint density at radius 3 is 2.77 bits per heavy atom. The van der Waals surface area contributed by atoms with E-state index in [0.717, 1.165) is 9.26 Å². The molecule has 22 heavy (non-hydrogen) atoms. The Bertz CT molecular complexity index is 660. The van der Waals surface area contributed by atoms with Crippen molar-refractivity contribution in [3.05, 3.63) is 51.6 Å². The van der Waals surface area contributed by atoms with Gasteiger partial charge in [-0.15, -0.1) is 0 Å². The first-order chi connectivity index (χ1) is 10.6. The Labute approximate surface area is 142 Å². The van der Waals surface area contributed by atoms with Crippen molar-refractivity contribution < 1.29 is 19.4 Å². The Kier molecular flexibility index (Phi) is 5.88. The van der Waals surface area contributed by atoms with Crippen molar-refractivity contribution in [1.82, 2.24) is 0 Å². The normalized spacial score (nSPS) is 10.1. The number of rotatable bonds is 6. The number of ether oxygens (including phenoxy) is 2. The molecule has 0 aromatic heterocycles. The van der Waals surface area contributed by atoms with Gasteiger partial charge < -0.3 is 19.9 Å². The van der Waals surface area contributed by atoms with Gasteiger partial charge in [0.1, 0.15) is 23.7 Å². The molecule has 0 unspecified atom stereocenters. The highest BCUT2D eigenvalue weighted by atomic mass is 127. The van der Waals surface area contributed by atoms with E-state index < -0.39 is 5.97 Å². The molecule has 0 aliphatic rings. The van der Waals surface area contributed by atoms with Crippen molar-refractivity contribution in [2.45, 2.75) is 0 Å². The molecule has 0 aliphatic carbocycles. The van der Waals surface area contributed by atoms with Crippen LogP contribution in [0.3, 0.4) is 0 Å². The second-order valence-corrected chi connectivity index (χ2v) is 5.67. The summed E-state index contributed by atoms with van der Waals surface area (Å²) in [6.07, 6.45) is 0. The molecule has 0 heterocycles. The lowest BCUT2D eigenvalue weighted by Crippen LogP contribution is -2.13. The van der Waals surface area contributed by atoms with Crippen LogP contribution < -0.4 is 10.1 Å². The van der Waals surface area contributed by atoms with Gasteiger partial charge in [0.2, 0.25) is 0 Å². The second kappa shape index (κ2) is 7.88. The number of carbonyl (C=O) groups is 1. The van der Waals surface area contributed by atoms with Gasteiger partial charge >= 0.3 is 5.97 Å². The zero-order chi connectivity index (χ0) is 15.9. The molecule has 0 radical (unpaired) electrons. The predicted octanol–water partition coefficient (Wildman–Crippen LogP) is 3.27. The van der Waals surface area contributed by atoms with Gasteiger partial charge in [-0.1, -0.05) is 12.1 Å². The van der Waals surface area contributed by atoms with Crippen LogP contribution in [-0.2, 0) is 4.74 Å². The van der Waals surface area contributed by atoms with Crippen LogP contribution in [0.5, 0.6) is 11.5 Å². The lowest BCUT2D eigenvalue weighted by molar-refractivity contribution is 0.0592. The molecule has 0 bridgehead atoms. The number of halogens is 1. The Morgan fingerprint density at radius 2 is 2.05 bits per heavy atom. The fourth-order valence-corrected chi connectivity index (χ4v) is 2.44. The molecule has 0 spiro atoms. The van der Waals surface area contributed by atoms with E-state index in [0.29, 0.717) is 18.9 Å². The average molecular weight is 413 g/mol. The number of methoxy groups -OCH3 is 1. The zero-order valence-corrected chi connectivity index (χ0v) is 14.2. The first-order valence-electron chi connectivity index (χ1n) is 6.64. The predicted molar refractivity (Wildman–Crippen MR) is 92.6 cm³/mol. The Hall–Kier alpha value is -1.96. The fourth-order valence-electron chi connectivity index (χ4n) is 1.90. The molecule has 5 nitrogen and oxygen atoms in total. The fraction of sp³-hybridized carbons (Fsp3) is 0.188. The molecule has 0 amide bonds. The molecule has 0 atom stereocenters. The second-order valence-electron chi connectivity index (χ2n) is 4.43. The van der Waals surface area contributed by atoms with Crippen LogP contribution in [0.25, 0.3) is 0 Å². The van der Waals surface area contributed by atoms with E-state index in [1.54, 1.807) is 12.1 Å². The van der Waals surface area contributed by atoms with Gasteiger partial charge in [-0.25, -0.2) is 4.79 Å². The molecule has 2 aromatic carbocycles. The zero-order valence-electron chi connectivity index (χ0n) is 12.0. The molecule has 2 rings (SSSR count). The first kappa shape index (κ1) is 16.4. The van der Waals surface area contributed by atoms with E-state index in [-0.39, 0.29) is 11.3 Å². The first-order valence-corrected chi connectivity index (χ1v) is 7.72. The summed E-state index contributed by atoms with van der Waals surface area (Å²) in [5, 5.41) is 13.0. The monoisotopic (exact) mass is 413 g/mol. The van der Waals surface area contributed by atoms with Gasteiger partial charge in [0, 0.05) is 15.8 Å². The summed E-state index contributed by atoms with van der Waals surface area (Å²) in [7, 11) is 1.26. The van der Waals surface area contributed by atoms with Gasteiger partial charge in [-0.2, -0.15) is 0 Å². The summed E-state index contributed by atoms with van der Waals surface area (Å²) in [6, 6.07) is 12.6. The summed E-state index contributed by atoms with van der Waals surface area (Å²) < 4.78 is 11.4. The van der Waals surface area contributed by atoms with E-state index >= 15 is 0 Å². The smallest absolute Gasteiger partial charge is 0.345 e. The number of carbonyl (C=O) groups excluding carboxylic acids is 1. The van der Waals surface area contributed by atoms with E-state index in [2.05, 4.69) is 32.6 Å². The topological polar surface area (TPSA) is 67.8 Å². The lowest BCUT2D eigenvalue weighted by atomic mass is 10.2. The van der Waals surface area contributed by atoms with E-state index in [1.165, 1.54) is 13.2 Å². The number of hydrogen-bond donors (Lipinski definition) is 2. The Balaban J connectivity index is 1.95. The number of aromatic hydroxyl groups is 1. The number of benzene rings is 2. The minimum Gasteiger partial charge on any atom is -0.507 e. The maximum atomic E-state index is 11.7. The molecule has 6 heteroatoms. The third-order valence-electron chi connectivity index (χ3n) is 2.91. The molecule has 0 saturated carbocycles. The average Bonchev–Trinajstić information content (AvgIpc) is 2.51. The van der Waals surface area contributed by atoms with Crippen LogP contribution >= 0.6 is 22.6 Å². The molecular formula is C16H16INO4. The maximum absolute atomic E-state index is 11.7. The highest BCUT2D eigenvalue weighted by Gasteiger charge is 2.17. The quantitative estimate of drug-likeness (QED) is 0.432. The largest absolute Gasteiger partial charge is 0.507 e. The number of hydrogen-bond acceptors (Lipinski definition) is 5. The summed E-state index contributed by atoms with van der Waals surface area (Å²) >= 11 is 2.24. The third-order valence-corrected chi connectivity index (χ3v) is 3.58. The number of esters is 1. The van der Waals surface area contributed by atoms with Crippen molar-refractivity contribution in [2.24, 2.45) is 0 Å². The van der Waals surface area contributed by atoms with Gasteiger partial charge in [0.15, 0.2) is 0 Å². The van der Waals surface area contributed by atoms with Crippen molar-refractivity contribution >= 4 is 34.2 Å². The van der Waals surface area contributed by atoms with Crippen LogP contribution in [0.2, 0.25) is 0 Å². The van der Waals surface area contributed by atoms with Crippen molar-refractivity contribution in [2.75, 3.05) is 25.6 Å². The van der Waals surface area contributed by atoms with Gasteiger partial charge in [0.25, 0.3) is 0 Å². The number of phenols is 1. The minimum absolute atomic E-state index is 0.0410. The molecule has 2 aromatic rings. The van der Waals surface area contributed by atoms with E-state index in [9.17, 15) is 9.90 Å². The van der Waals surface area contributed by atoms with Crippen molar-refractivity contribution in [3.8, 4) is 11.5 Å². The summed E-state index contributed by atoms with van der Waals surface area (Å²) in [5.74, 6) is -0.482. The highest BCUT2D eigenvalue weighted by Crippen LogP contribution is 2.28. The van der Waals surface area contributed by atoms with Crippen LogP contribution in [-0.4, -0.2) is 31.3 Å². The van der Waals surface area contributed by atoms with Gasteiger partial charge in [0.05, 0.1) is 7.11 Å². The summed E-state index contributed by atoms with van der Waals surface area (Å²) in [4.78, 5) is 11.7. The van der Waals surface area contributed by atoms with E-state index in [4.69, 9.17) is 4.74 Å². The van der Waals surface area contributed by atoms with Crippen LogP contribution in [0.4, 0.5) is 5.69 Å². The molecule has 2 N–H and O–H groups in total. The lowest BCUT2D eigenvalue weighted by Gasteiger charge is -2.12. The third kappa shape index (κ3) is 4.27. The van der Waals surface area contributed by atoms with Crippen LogP contribution in [0.15, 0.2) is 42.5 Å². The summed E-state index contributed by atoms with van der Waals surface area (Å²) in [6.45, 7) is 0.912. The number of anilines is 1. The minimum atomic E-state index is -0.626. The van der Waals surface area contributed by atoms with Gasteiger partial charge in [-0.05, 0) is 52.9 Å². The SMILES string of the molecule is COC(=O)c1c(O)cccc1OCCNc1cccc(I)c1. The van der Waals surface area contributed by atoms with Crippen molar-refractivity contribution in [3.63, 3.8) is 0 Å². The number of phenolic OH excluding ortho intramolecular Hbond substituents is 1. The highest BCUT2D eigenvalue weighted by molar-refractivity contribution is 14.1. The number of nitrogens with one attached hydrogen (secondary N) is 1. The van der Waals surface area contributed by atoms with Crippen LogP contribution in [0.1, 0.15) is 10.4 Å². The summed E-state index contributed by atoms with van der Waals surface area (Å²) in [5.41, 5.74) is 1.04. The van der Waals surface area contributed by atoms with Gasteiger partial charge in [-0.3, -0.25) is 0 Å². The van der Waals surface area contributed by atoms with Crippen molar-refractivity contribution in [1.29, 1.82) is 0 Å².